The van der Waals surface area contributed by atoms with Gasteiger partial charge in [-0.1, -0.05) is 89.5 Å². The van der Waals surface area contributed by atoms with Crippen LogP contribution in [0, 0.1) is 6.07 Å². The zero-order valence-electron chi connectivity index (χ0n) is 24.7. The summed E-state index contributed by atoms with van der Waals surface area (Å²) in [5.74, 6) is 0. The van der Waals surface area contributed by atoms with Crippen molar-refractivity contribution < 1.29 is 47.2 Å². The third-order valence-corrected chi connectivity index (χ3v) is 9.04. The number of rotatable bonds is 3. The number of aryl methyl sites for hydroxylation is 1. The van der Waals surface area contributed by atoms with Crippen LogP contribution in [0.2, 0.25) is 0 Å². The fraction of sp³-hybridized carbons (Fsp3) is 0.108. The fourth-order valence-electron chi connectivity index (χ4n) is 5.59. The summed E-state index contributed by atoms with van der Waals surface area (Å²) in [4.78, 5) is 0. The number of hydrogen-bond acceptors (Lipinski definition) is 0. The standard InChI is InChI=1S/C25H17F6.C12H7Si.2ClH.Zr/c1-2-15-8-9-17-10-18(16-6-4-3-5-7-16)13-22(17)23(15)19-11-20(24(26,27)28)14-21(12-19)25(29,30)31;1-3-7-11-9(5-1)10-6-2-4-8-12(10)13-11;;;/h3-14H,2H2,1H3;1-7H;2*1H;/q2*-1;;;+4/p-2. The van der Waals surface area contributed by atoms with Crippen molar-refractivity contribution in [1.29, 1.82) is 0 Å². The SMILES string of the molecule is CCc1ccc2[cH-]c(-c3ccccc3)cc2c1-c1cc(C(F)(F)F)cc(C(F)(F)F)c1.[Cl][Zr+2][Cl].[c-]1cccc2c1[Si]c1ccccc1-2. The summed E-state index contributed by atoms with van der Waals surface area (Å²) in [6.45, 7) is 1.82. The summed E-state index contributed by atoms with van der Waals surface area (Å²) in [7, 11) is 10.7. The molecule has 0 atom stereocenters. The zero-order valence-corrected chi connectivity index (χ0v) is 29.7. The molecule has 0 amide bonds. The minimum atomic E-state index is -4.89. The van der Waals surface area contributed by atoms with Gasteiger partial charge < -0.3 is 0 Å². The van der Waals surface area contributed by atoms with Gasteiger partial charge in [-0.3, -0.25) is 0 Å². The van der Waals surface area contributed by atoms with Crippen LogP contribution in [0.1, 0.15) is 23.6 Å². The summed E-state index contributed by atoms with van der Waals surface area (Å²) >= 11 is -0.826. The van der Waals surface area contributed by atoms with Crippen molar-refractivity contribution in [1.82, 2.24) is 0 Å². The third kappa shape index (κ3) is 8.17. The molecule has 1 aliphatic heterocycles. The van der Waals surface area contributed by atoms with Crippen molar-refractivity contribution >= 4 is 47.7 Å². The number of benzene rings is 5. The van der Waals surface area contributed by atoms with Crippen molar-refractivity contribution in [3.8, 4) is 33.4 Å². The van der Waals surface area contributed by atoms with Gasteiger partial charge in [0.25, 0.3) is 0 Å². The molecule has 7 rings (SSSR count). The second-order valence-corrected chi connectivity index (χ2v) is 15.6. The van der Waals surface area contributed by atoms with Crippen molar-refractivity contribution in [3.05, 3.63) is 138 Å². The number of hydrogen-bond donors (Lipinski definition) is 0. The molecule has 6 aromatic rings. The third-order valence-electron chi connectivity index (χ3n) is 7.67. The summed E-state index contributed by atoms with van der Waals surface area (Å²) in [6, 6.07) is 36.7. The smallest absolute Gasteiger partial charge is 0.0920 e. The van der Waals surface area contributed by atoms with Gasteiger partial charge in [-0.25, -0.2) is 0 Å². The number of alkyl halides is 6. The van der Waals surface area contributed by atoms with E-state index in [1.807, 2.05) is 61.5 Å². The van der Waals surface area contributed by atoms with Crippen LogP contribution in [0.25, 0.3) is 44.2 Å². The van der Waals surface area contributed by atoms with Crippen LogP contribution in [0.4, 0.5) is 26.3 Å². The van der Waals surface area contributed by atoms with Gasteiger partial charge in [0.1, 0.15) is 0 Å². The Kier molecular flexibility index (Phi) is 11.3. The first-order chi connectivity index (χ1) is 22.4. The molecule has 2 radical (unpaired) electrons. The molecule has 0 fully saturated rings. The van der Waals surface area contributed by atoms with Crippen molar-refractivity contribution in [2.45, 2.75) is 25.7 Å². The largest absolute Gasteiger partial charge is 0.184 e. The minimum absolute atomic E-state index is 0.0881. The predicted molar refractivity (Wildman–Crippen MR) is 177 cm³/mol. The van der Waals surface area contributed by atoms with Gasteiger partial charge in [0, 0.05) is 0 Å². The van der Waals surface area contributed by atoms with E-state index >= 15 is 0 Å². The van der Waals surface area contributed by atoms with Gasteiger partial charge in [-0.05, 0) is 35.7 Å². The average molecular weight is 773 g/mol. The quantitative estimate of drug-likeness (QED) is 0.0953. The van der Waals surface area contributed by atoms with Gasteiger partial charge in [0.15, 0.2) is 0 Å². The molecule has 0 nitrogen and oxygen atoms in total. The maximum absolute atomic E-state index is 13.4. The molecule has 0 saturated heterocycles. The molecule has 0 aromatic heterocycles. The van der Waals surface area contributed by atoms with Gasteiger partial charge >= 0.3 is 50.2 Å². The van der Waals surface area contributed by atoms with E-state index < -0.39 is 44.3 Å². The van der Waals surface area contributed by atoms with Crippen LogP contribution in [0.15, 0.2) is 115 Å². The number of halogens is 8. The van der Waals surface area contributed by atoms with Crippen molar-refractivity contribution in [2.75, 3.05) is 0 Å². The van der Waals surface area contributed by atoms with E-state index in [0.717, 1.165) is 38.2 Å². The van der Waals surface area contributed by atoms with Crippen LogP contribution in [0.5, 0.6) is 0 Å². The molecule has 6 aromatic carbocycles. The van der Waals surface area contributed by atoms with E-state index in [9.17, 15) is 26.3 Å². The topological polar surface area (TPSA) is 0 Å². The Morgan fingerprint density at radius 1 is 0.723 bits per heavy atom. The molecule has 10 heteroatoms. The van der Waals surface area contributed by atoms with E-state index in [1.54, 1.807) is 6.07 Å². The van der Waals surface area contributed by atoms with E-state index in [1.165, 1.54) is 21.5 Å². The van der Waals surface area contributed by atoms with Gasteiger partial charge in [0.2, 0.25) is 0 Å². The van der Waals surface area contributed by atoms with Crippen LogP contribution in [-0.2, 0) is 39.6 Å². The first-order valence-corrected chi connectivity index (χ1v) is 21.7. The molecular weight excluding hydrogens is 749 g/mol. The first kappa shape index (κ1) is 35.3. The molecule has 1 aliphatic rings. The summed E-state index contributed by atoms with van der Waals surface area (Å²) in [5, 5.41) is 4.21. The van der Waals surface area contributed by atoms with Gasteiger partial charge in [-0.15, -0.1) is 40.1 Å². The normalized spacial score (nSPS) is 11.9. The van der Waals surface area contributed by atoms with Crippen LogP contribution in [0.3, 0.4) is 0 Å². The Labute approximate surface area is 290 Å². The Morgan fingerprint density at radius 3 is 1.98 bits per heavy atom. The second-order valence-electron chi connectivity index (χ2n) is 10.6. The minimum Gasteiger partial charge on any atom is -0.184 e. The maximum atomic E-state index is 13.4. The Bertz CT molecular complexity index is 1910. The molecule has 0 aliphatic carbocycles. The van der Waals surface area contributed by atoms with Crippen molar-refractivity contribution in [3.63, 3.8) is 0 Å². The van der Waals surface area contributed by atoms with Gasteiger partial charge in [-0.2, -0.15) is 55.8 Å². The second kappa shape index (κ2) is 15.0. The van der Waals surface area contributed by atoms with E-state index in [-0.39, 0.29) is 11.6 Å². The van der Waals surface area contributed by atoms with E-state index in [4.69, 9.17) is 17.0 Å². The van der Waals surface area contributed by atoms with Crippen LogP contribution in [-0.4, -0.2) is 9.52 Å². The molecule has 0 unspecified atom stereocenters. The fourth-order valence-corrected chi connectivity index (χ4v) is 6.90. The molecule has 0 spiro atoms. The molecule has 0 N–H and O–H groups in total. The maximum Gasteiger partial charge on any atom is 0.0920 e. The van der Waals surface area contributed by atoms with Gasteiger partial charge in [0.05, 0.1) is 20.6 Å². The number of fused-ring (bicyclic) bond motifs is 4. The first-order valence-electron chi connectivity index (χ1n) is 14.4. The molecule has 0 bridgehead atoms. The monoisotopic (exact) mass is 770 g/mol. The summed E-state index contributed by atoms with van der Waals surface area (Å²) < 4.78 is 80.4. The van der Waals surface area contributed by atoms with E-state index in [0.29, 0.717) is 22.9 Å². The summed E-state index contributed by atoms with van der Waals surface area (Å²) in [5.41, 5.74) is 2.91. The summed E-state index contributed by atoms with van der Waals surface area (Å²) in [6.07, 6.45) is -9.32. The average Bonchev–Trinajstić information content (AvgIpc) is 3.66. The van der Waals surface area contributed by atoms with E-state index in [2.05, 4.69) is 42.5 Å². The van der Waals surface area contributed by atoms with Crippen LogP contribution >= 0.6 is 17.0 Å². The molecule has 47 heavy (non-hydrogen) atoms. The van der Waals surface area contributed by atoms with Crippen molar-refractivity contribution in [2.24, 2.45) is 0 Å². The molecule has 0 saturated carbocycles. The predicted octanol–water partition coefficient (Wildman–Crippen LogP) is 11.0. The Morgan fingerprint density at radius 2 is 1.34 bits per heavy atom. The molecular formula is C37H24Cl2F6SiZr. The molecule has 236 valence electrons. The van der Waals surface area contributed by atoms with Crippen LogP contribution < -0.4 is 10.4 Å². The zero-order chi connectivity index (χ0) is 33.8. The molecule has 1 heterocycles. The Balaban J connectivity index is 0.000000222. The Hall–Kier alpha value is -3.03.